The van der Waals surface area contributed by atoms with E-state index in [0.29, 0.717) is 18.9 Å². The van der Waals surface area contributed by atoms with Crippen LogP contribution in [0.5, 0.6) is 0 Å². The summed E-state index contributed by atoms with van der Waals surface area (Å²) in [6.07, 6.45) is 8.93. The Morgan fingerprint density at radius 1 is 1.29 bits per heavy atom. The van der Waals surface area contributed by atoms with Crippen molar-refractivity contribution in [2.24, 2.45) is 10.9 Å². The third-order valence-corrected chi connectivity index (χ3v) is 5.62. The Kier molecular flexibility index (Phi) is 8.21. The van der Waals surface area contributed by atoms with Crippen LogP contribution < -0.4 is 10.6 Å². The third-order valence-electron chi connectivity index (χ3n) is 5.62. The average molecular weight is 391 g/mol. The van der Waals surface area contributed by atoms with Crippen molar-refractivity contribution < 1.29 is 13.9 Å². The highest BCUT2D eigenvalue weighted by atomic mass is 16.5. The van der Waals surface area contributed by atoms with E-state index >= 15 is 0 Å². The second-order valence-electron chi connectivity index (χ2n) is 7.72. The van der Waals surface area contributed by atoms with Gasteiger partial charge >= 0.3 is 0 Å². The van der Waals surface area contributed by atoms with Crippen molar-refractivity contribution in [2.75, 3.05) is 39.8 Å². The predicted octanol–water partition coefficient (Wildman–Crippen LogP) is 2.18. The molecule has 0 radical (unpaired) electrons. The molecule has 7 heteroatoms. The van der Waals surface area contributed by atoms with Crippen LogP contribution >= 0.6 is 0 Å². The highest BCUT2D eigenvalue weighted by Gasteiger charge is 2.23. The maximum absolute atomic E-state index is 11.6. The summed E-state index contributed by atoms with van der Waals surface area (Å²) in [4.78, 5) is 18.9. The maximum Gasteiger partial charge on any atom is 0.220 e. The SMILES string of the molecule is CNC(=O)CC1CCN(C(=NCC2CCCCO2)NCCc2ccco2)CC1. The first-order valence-electron chi connectivity index (χ1n) is 10.6. The first kappa shape index (κ1) is 20.7. The topological polar surface area (TPSA) is 79.1 Å². The van der Waals surface area contributed by atoms with Crippen molar-refractivity contribution >= 4 is 11.9 Å². The number of amides is 1. The molecule has 1 aromatic heterocycles. The number of guanidine groups is 1. The van der Waals surface area contributed by atoms with E-state index in [-0.39, 0.29) is 12.0 Å². The van der Waals surface area contributed by atoms with Gasteiger partial charge in [0.25, 0.3) is 0 Å². The van der Waals surface area contributed by atoms with Crippen LogP contribution in [0.25, 0.3) is 0 Å². The Bertz CT molecular complexity index is 603. The molecular weight excluding hydrogens is 356 g/mol. The van der Waals surface area contributed by atoms with Crippen molar-refractivity contribution in [1.29, 1.82) is 0 Å². The highest BCUT2D eigenvalue weighted by Crippen LogP contribution is 2.21. The van der Waals surface area contributed by atoms with Crippen molar-refractivity contribution in [2.45, 2.75) is 51.0 Å². The second-order valence-corrected chi connectivity index (χ2v) is 7.72. The smallest absolute Gasteiger partial charge is 0.220 e. The number of piperidine rings is 1. The quantitative estimate of drug-likeness (QED) is 0.551. The number of likely N-dealkylation sites (tertiary alicyclic amines) is 1. The highest BCUT2D eigenvalue weighted by molar-refractivity contribution is 5.80. The number of furan rings is 1. The van der Waals surface area contributed by atoms with Crippen LogP contribution in [0.2, 0.25) is 0 Å². The van der Waals surface area contributed by atoms with Crippen LogP contribution in [-0.4, -0.2) is 62.7 Å². The molecular formula is C21H34N4O3. The van der Waals surface area contributed by atoms with Gasteiger partial charge in [0.15, 0.2) is 5.96 Å². The Labute approximate surface area is 167 Å². The third kappa shape index (κ3) is 6.55. The molecule has 1 unspecified atom stereocenters. The molecule has 0 aromatic carbocycles. The zero-order valence-corrected chi connectivity index (χ0v) is 17.0. The van der Waals surface area contributed by atoms with Gasteiger partial charge in [0.2, 0.25) is 5.91 Å². The molecule has 0 aliphatic carbocycles. The fourth-order valence-electron chi connectivity index (χ4n) is 3.87. The number of rotatable bonds is 7. The summed E-state index contributed by atoms with van der Waals surface area (Å²) < 4.78 is 11.3. The molecule has 1 aromatic rings. The van der Waals surface area contributed by atoms with Gasteiger partial charge in [-0.05, 0) is 50.2 Å². The molecule has 2 N–H and O–H groups in total. The summed E-state index contributed by atoms with van der Waals surface area (Å²) in [7, 11) is 1.71. The number of carbonyl (C=O) groups excluding carboxylic acids is 1. The summed E-state index contributed by atoms with van der Waals surface area (Å²) in [5.41, 5.74) is 0. The van der Waals surface area contributed by atoms with E-state index in [0.717, 1.165) is 70.1 Å². The lowest BCUT2D eigenvalue weighted by atomic mass is 9.93. The number of carbonyl (C=O) groups is 1. The number of ether oxygens (including phenoxy) is 1. The Balaban J connectivity index is 1.53. The van der Waals surface area contributed by atoms with Crippen LogP contribution in [-0.2, 0) is 16.0 Å². The number of nitrogens with zero attached hydrogens (tertiary/aromatic N) is 2. The summed E-state index contributed by atoms with van der Waals surface area (Å²) in [6.45, 7) is 4.21. The summed E-state index contributed by atoms with van der Waals surface area (Å²) in [6, 6.07) is 3.92. The monoisotopic (exact) mass is 390 g/mol. The molecule has 0 saturated carbocycles. The van der Waals surface area contributed by atoms with Gasteiger partial charge in [0, 0.05) is 46.1 Å². The normalized spacial score (nSPS) is 21.5. The van der Waals surface area contributed by atoms with Crippen LogP contribution in [0.15, 0.2) is 27.8 Å². The average Bonchev–Trinajstić information content (AvgIpc) is 3.25. The molecule has 1 atom stereocenters. The number of nitrogens with one attached hydrogen (secondary N) is 2. The molecule has 3 rings (SSSR count). The number of hydrogen-bond acceptors (Lipinski definition) is 4. The van der Waals surface area contributed by atoms with E-state index < -0.39 is 0 Å². The maximum atomic E-state index is 11.6. The fourth-order valence-corrected chi connectivity index (χ4v) is 3.87. The van der Waals surface area contributed by atoms with Crippen molar-refractivity contribution in [3.05, 3.63) is 24.2 Å². The first-order valence-corrected chi connectivity index (χ1v) is 10.6. The Morgan fingerprint density at radius 3 is 2.82 bits per heavy atom. The Morgan fingerprint density at radius 2 is 2.14 bits per heavy atom. The molecule has 28 heavy (non-hydrogen) atoms. The van der Waals surface area contributed by atoms with E-state index in [1.54, 1.807) is 13.3 Å². The summed E-state index contributed by atoms with van der Waals surface area (Å²) in [5.74, 6) is 2.53. The van der Waals surface area contributed by atoms with Crippen LogP contribution in [0.1, 0.15) is 44.3 Å². The minimum absolute atomic E-state index is 0.137. The van der Waals surface area contributed by atoms with Crippen molar-refractivity contribution in [1.82, 2.24) is 15.5 Å². The lowest BCUT2D eigenvalue weighted by Crippen LogP contribution is -2.47. The van der Waals surface area contributed by atoms with E-state index in [9.17, 15) is 4.79 Å². The van der Waals surface area contributed by atoms with Crippen molar-refractivity contribution in [3.63, 3.8) is 0 Å². The molecule has 0 bridgehead atoms. The van der Waals surface area contributed by atoms with Crippen LogP contribution in [0.4, 0.5) is 0 Å². The van der Waals surface area contributed by atoms with Gasteiger partial charge in [-0.25, -0.2) is 0 Å². The molecule has 2 aliphatic rings. The molecule has 7 nitrogen and oxygen atoms in total. The molecule has 3 heterocycles. The van der Waals surface area contributed by atoms with E-state index in [4.69, 9.17) is 14.1 Å². The molecule has 2 saturated heterocycles. The van der Waals surface area contributed by atoms with Gasteiger partial charge in [0.1, 0.15) is 5.76 Å². The lowest BCUT2D eigenvalue weighted by molar-refractivity contribution is -0.121. The molecule has 1 amide bonds. The van der Waals surface area contributed by atoms with E-state index in [1.165, 1.54) is 6.42 Å². The van der Waals surface area contributed by atoms with E-state index in [1.807, 2.05) is 12.1 Å². The number of hydrogen-bond donors (Lipinski definition) is 2. The minimum atomic E-state index is 0.137. The zero-order valence-electron chi connectivity index (χ0n) is 17.0. The van der Waals surface area contributed by atoms with Crippen LogP contribution in [0, 0.1) is 5.92 Å². The first-order chi connectivity index (χ1) is 13.7. The van der Waals surface area contributed by atoms with Gasteiger partial charge < -0.3 is 24.7 Å². The zero-order chi connectivity index (χ0) is 19.6. The van der Waals surface area contributed by atoms with Gasteiger partial charge in [-0.15, -0.1) is 0 Å². The lowest BCUT2D eigenvalue weighted by Gasteiger charge is -2.34. The minimum Gasteiger partial charge on any atom is -0.469 e. The van der Waals surface area contributed by atoms with E-state index in [2.05, 4.69) is 15.5 Å². The fraction of sp³-hybridized carbons (Fsp3) is 0.714. The van der Waals surface area contributed by atoms with Gasteiger partial charge in [-0.2, -0.15) is 0 Å². The molecule has 2 fully saturated rings. The molecule has 2 aliphatic heterocycles. The van der Waals surface area contributed by atoms with Gasteiger partial charge in [0.05, 0.1) is 18.9 Å². The predicted molar refractivity (Wildman–Crippen MR) is 109 cm³/mol. The number of aliphatic imine (C=N–C) groups is 1. The molecule has 0 spiro atoms. The van der Waals surface area contributed by atoms with Gasteiger partial charge in [-0.1, -0.05) is 0 Å². The van der Waals surface area contributed by atoms with Crippen LogP contribution in [0.3, 0.4) is 0 Å². The Hall–Kier alpha value is -2.02. The summed E-state index contributed by atoms with van der Waals surface area (Å²) >= 11 is 0. The summed E-state index contributed by atoms with van der Waals surface area (Å²) in [5, 5.41) is 6.25. The second kappa shape index (κ2) is 11.1. The molecule has 156 valence electrons. The van der Waals surface area contributed by atoms with Gasteiger partial charge in [-0.3, -0.25) is 9.79 Å². The van der Waals surface area contributed by atoms with Crippen molar-refractivity contribution in [3.8, 4) is 0 Å². The standard InChI is InChI=1S/C21H34N4O3/c1-22-20(26)15-17-8-11-25(12-9-17)21(23-10-7-18-6-4-14-27-18)24-16-19-5-2-3-13-28-19/h4,6,14,17,19H,2-3,5,7-13,15-16H2,1H3,(H,22,26)(H,23,24). The largest absolute Gasteiger partial charge is 0.469 e.